The first-order valence-electron chi connectivity index (χ1n) is 9.69. The van der Waals surface area contributed by atoms with Gasteiger partial charge in [0.05, 0.1) is 12.3 Å². The first kappa shape index (κ1) is 19.5. The van der Waals surface area contributed by atoms with Crippen LogP contribution in [0.4, 0.5) is 0 Å². The van der Waals surface area contributed by atoms with E-state index in [-0.39, 0.29) is 11.8 Å². The van der Waals surface area contributed by atoms with Crippen molar-refractivity contribution >= 4 is 5.91 Å². The Hall–Kier alpha value is -2.21. The summed E-state index contributed by atoms with van der Waals surface area (Å²) in [6, 6.07) is 6.34. The van der Waals surface area contributed by atoms with Gasteiger partial charge in [-0.25, -0.2) is 9.67 Å². The molecule has 1 aliphatic rings. The number of ether oxygens (including phenoxy) is 1. The molecule has 0 bridgehead atoms. The summed E-state index contributed by atoms with van der Waals surface area (Å²) in [5.74, 6) is 2.45. The van der Waals surface area contributed by atoms with Crippen molar-refractivity contribution in [3.63, 3.8) is 0 Å². The molecule has 6 heteroatoms. The van der Waals surface area contributed by atoms with Crippen molar-refractivity contribution in [3.8, 4) is 5.69 Å². The quantitative estimate of drug-likeness (QED) is 0.752. The summed E-state index contributed by atoms with van der Waals surface area (Å²) in [5.41, 5.74) is 3.49. The molecule has 0 saturated carbocycles. The summed E-state index contributed by atoms with van der Waals surface area (Å²) in [5, 5.41) is 4.80. The summed E-state index contributed by atoms with van der Waals surface area (Å²) < 4.78 is 7.08. The van der Waals surface area contributed by atoms with Crippen LogP contribution in [0.2, 0.25) is 0 Å². The van der Waals surface area contributed by atoms with E-state index in [0.29, 0.717) is 32.0 Å². The van der Waals surface area contributed by atoms with Crippen LogP contribution < -0.4 is 0 Å². The van der Waals surface area contributed by atoms with Crippen molar-refractivity contribution in [2.24, 2.45) is 5.92 Å². The molecule has 0 N–H and O–H groups in total. The zero-order chi connectivity index (χ0) is 19.6. The maximum Gasteiger partial charge on any atom is 0.223 e. The topological polar surface area (TPSA) is 60.2 Å². The molecular formula is C21H30N4O2. The molecule has 1 unspecified atom stereocenters. The molecule has 2 heterocycles. The van der Waals surface area contributed by atoms with E-state index in [1.54, 1.807) is 7.11 Å². The maximum atomic E-state index is 12.4. The maximum absolute atomic E-state index is 12.4. The van der Waals surface area contributed by atoms with Crippen LogP contribution >= 0.6 is 0 Å². The Balaban J connectivity index is 1.94. The van der Waals surface area contributed by atoms with Crippen LogP contribution in [0, 0.1) is 19.8 Å². The number of benzene rings is 1. The molecule has 1 aromatic heterocycles. The molecule has 0 radical (unpaired) electrons. The highest BCUT2D eigenvalue weighted by Crippen LogP contribution is 2.29. The van der Waals surface area contributed by atoms with Gasteiger partial charge >= 0.3 is 0 Å². The standard InChI is InChI=1S/C21H30N4O2/c1-14(2)10-19-22-21(17-12-20(26)24(13-17)8-9-27-5)25(23-19)18-7-6-15(3)16(4)11-18/h6-7,11,14,17H,8-10,12-13H2,1-5H3. The van der Waals surface area contributed by atoms with Crippen molar-refractivity contribution in [1.82, 2.24) is 19.7 Å². The Morgan fingerprint density at radius 2 is 2.04 bits per heavy atom. The van der Waals surface area contributed by atoms with Gasteiger partial charge in [0.1, 0.15) is 5.82 Å². The average molecular weight is 370 g/mol. The third kappa shape index (κ3) is 4.38. The molecule has 2 aromatic rings. The van der Waals surface area contributed by atoms with Crippen LogP contribution in [-0.4, -0.2) is 52.4 Å². The van der Waals surface area contributed by atoms with Crippen LogP contribution in [0.3, 0.4) is 0 Å². The molecule has 1 atom stereocenters. The second kappa shape index (κ2) is 8.21. The van der Waals surface area contributed by atoms with Crippen LogP contribution in [0.1, 0.15) is 49.0 Å². The van der Waals surface area contributed by atoms with Gasteiger partial charge in [-0.05, 0) is 43.0 Å². The molecule has 1 saturated heterocycles. The molecule has 1 aromatic carbocycles. The van der Waals surface area contributed by atoms with Crippen LogP contribution in [0.5, 0.6) is 0 Å². The number of likely N-dealkylation sites (tertiary alicyclic amines) is 1. The lowest BCUT2D eigenvalue weighted by Gasteiger charge is -2.16. The number of nitrogens with zero attached hydrogens (tertiary/aromatic N) is 4. The fourth-order valence-electron chi connectivity index (χ4n) is 3.49. The number of carbonyl (C=O) groups excluding carboxylic acids is 1. The smallest absolute Gasteiger partial charge is 0.223 e. The highest BCUT2D eigenvalue weighted by atomic mass is 16.5. The van der Waals surface area contributed by atoms with E-state index in [1.807, 2.05) is 9.58 Å². The van der Waals surface area contributed by atoms with E-state index >= 15 is 0 Å². The predicted molar refractivity (Wildman–Crippen MR) is 105 cm³/mol. The SMILES string of the molecule is COCCN1CC(c2nc(CC(C)C)nn2-c2ccc(C)c(C)c2)CC1=O. The Morgan fingerprint density at radius 1 is 1.26 bits per heavy atom. The molecule has 6 nitrogen and oxygen atoms in total. The molecule has 1 amide bonds. The zero-order valence-electron chi connectivity index (χ0n) is 17.0. The van der Waals surface area contributed by atoms with Crippen molar-refractivity contribution in [2.45, 2.75) is 46.5 Å². The number of aryl methyl sites for hydroxylation is 2. The number of carbonyl (C=O) groups is 1. The van der Waals surface area contributed by atoms with E-state index in [0.717, 1.165) is 23.8 Å². The van der Waals surface area contributed by atoms with Crippen LogP contribution in [-0.2, 0) is 16.0 Å². The first-order chi connectivity index (χ1) is 12.9. The van der Waals surface area contributed by atoms with Crippen molar-refractivity contribution in [3.05, 3.63) is 41.0 Å². The fourth-order valence-corrected chi connectivity index (χ4v) is 3.49. The minimum absolute atomic E-state index is 0.0596. The van der Waals surface area contributed by atoms with Gasteiger partial charge in [0.25, 0.3) is 0 Å². The van der Waals surface area contributed by atoms with Gasteiger partial charge in [-0.3, -0.25) is 4.79 Å². The van der Waals surface area contributed by atoms with E-state index in [1.165, 1.54) is 11.1 Å². The lowest BCUT2D eigenvalue weighted by atomic mass is 10.1. The van der Waals surface area contributed by atoms with Gasteiger partial charge in [0, 0.05) is 39.0 Å². The Kier molecular flexibility index (Phi) is 5.95. The van der Waals surface area contributed by atoms with Gasteiger partial charge in [0.2, 0.25) is 5.91 Å². The third-order valence-corrected chi connectivity index (χ3v) is 5.15. The van der Waals surface area contributed by atoms with Crippen molar-refractivity contribution < 1.29 is 9.53 Å². The highest BCUT2D eigenvalue weighted by molar-refractivity contribution is 5.79. The summed E-state index contributed by atoms with van der Waals surface area (Å²) in [6.07, 6.45) is 1.31. The summed E-state index contributed by atoms with van der Waals surface area (Å²) in [7, 11) is 1.66. The minimum Gasteiger partial charge on any atom is -0.383 e. The first-order valence-corrected chi connectivity index (χ1v) is 9.69. The van der Waals surface area contributed by atoms with Gasteiger partial charge in [-0.15, -0.1) is 0 Å². The Morgan fingerprint density at radius 3 is 2.70 bits per heavy atom. The monoisotopic (exact) mass is 370 g/mol. The zero-order valence-corrected chi connectivity index (χ0v) is 17.0. The number of methoxy groups -OCH3 is 1. The number of amides is 1. The largest absolute Gasteiger partial charge is 0.383 e. The fraction of sp³-hybridized carbons (Fsp3) is 0.571. The second-order valence-electron chi connectivity index (χ2n) is 7.90. The summed E-state index contributed by atoms with van der Waals surface area (Å²) in [6.45, 7) is 10.4. The Bertz CT molecular complexity index is 813. The normalized spacial score (nSPS) is 17.3. The molecule has 27 heavy (non-hydrogen) atoms. The van der Waals surface area contributed by atoms with E-state index < -0.39 is 0 Å². The van der Waals surface area contributed by atoms with Gasteiger partial charge in [-0.1, -0.05) is 19.9 Å². The lowest BCUT2D eigenvalue weighted by molar-refractivity contribution is -0.128. The number of rotatable bonds is 7. The molecule has 1 fully saturated rings. The lowest BCUT2D eigenvalue weighted by Crippen LogP contribution is -2.28. The molecule has 146 valence electrons. The van der Waals surface area contributed by atoms with Gasteiger partial charge in [0.15, 0.2) is 5.82 Å². The van der Waals surface area contributed by atoms with E-state index in [4.69, 9.17) is 14.8 Å². The number of hydrogen-bond acceptors (Lipinski definition) is 4. The highest BCUT2D eigenvalue weighted by Gasteiger charge is 2.34. The van der Waals surface area contributed by atoms with Crippen LogP contribution in [0.15, 0.2) is 18.2 Å². The molecule has 0 spiro atoms. The third-order valence-electron chi connectivity index (χ3n) is 5.15. The predicted octanol–water partition coefficient (Wildman–Crippen LogP) is 3.04. The molecular weight excluding hydrogens is 340 g/mol. The van der Waals surface area contributed by atoms with E-state index in [2.05, 4.69) is 45.9 Å². The van der Waals surface area contributed by atoms with Gasteiger partial charge in [-0.2, -0.15) is 5.10 Å². The van der Waals surface area contributed by atoms with Crippen molar-refractivity contribution in [2.75, 3.05) is 26.8 Å². The second-order valence-corrected chi connectivity index (χ2v) is 7.90. The average Bonchev–Trinajstić information content (AvgIpc) is 3.18. The summed E-state index contributed by atoms with van der Waals surface area (Å²) in [4.78, 5) is 19.1. The molecule has 3 rings (SSSR count). The minimum atomic E-state index is 0.0596. The number of aromatic nitrogens is 3. The number of hydrogen-bond donors (Lipinski definition) is 0. The molecule has 0 aliphatic carbocycles. The molecule has 1 aliphatic heterocycles. The van der Waals surface area contributed by atoms with Gasteiger partial charge < -0.3 is 9.64 Å². The van der Waals surface area contributed by atoms with E-state index in [9.17, 15) is 4.79 Å². The summed E-state index contributed by atoms with van der Waals surface area (Å²) >= 11 is 0. The Labute approximate surface area is 161 Å². The van der Waals surface area contributed by atoms with Crippen molar-refractivity contribution in [1.29, 1.82) is 0 Å². The van der Waals surface area contributed by atoms with Crippen LogP contribution in [0.25, 0.3) is 5.69 Å².